The fraction of sp³-hybridized carbons (Fsp3) is 0.167. The van der Waals surface area contributed by atoms with Crippen LogP contribution in [0, 0.1) is 6.92 Å². The van der Waals surface area contributed by atoms with Gasteiger partial charge in [-0.25, -0.2) is 4.98 Å². The lowest BCUT2D eigenvalue weighted by molar-refractivity contribution is 0.311. The van der Waals surface area contributed by atoms with Crippen molar-refractivity contribution in [2.24, 2.45) is 0 Å². The van der Waals surface area contributed by atoms with E-state index in [4.69, 9.17) is 5.11 Å². The summed E-state index contributed by atoms with van der Waals surface area (Å²) in [4.78, 5) is 13.0. The van der Waals surface area contributed by atoms with Gasteiger partial charge >= 0.3 is 0 Å². The number of aryl methyl sites for hydroxylation is 1. The minimum absolute atomic E-state index is 0.0174. The van der Waals surface area contributed by atoms with Crippen LogP contribution in [0.1, 0.15) is 5.56 Å². The van der Waals surface area contributed by atoms with Crippen LogP contribution < -0.4 is 10.6 Å². The van der Waals surface area contributed by atoms with Gasteiger partial charge in [-0.05, 0) is 31.2 Å². The quantitative estimate of drug-likeness (QED) is 0.647. The van der Waals surface area contributed by atoms with Crippen LogP contribution in [0.2, 0.25) is 0 Å². The molecule has 0 fully saturated rings. The molecule has 3 aromatic rings. The van der Waals surface area contributed by atoms with Crippen molar-refractivity contribution in [1.29, 1.82) is 0 Å². The van der Waals surface area contributed by atoms with E-state index < -0.39 is 0 Å². The van der Waals surface area contributed by atoms with Crippen molar-refractivity contribution in [3.63, 3.8) is 0 Å². The van der Waals surface area contributed by atoms with Crippen molar-refractivity contribution < 1.29 is 5.11 Å². The first-order valence-corrected chi connectivity index (χ1v) is 7.72. The highest BCUT2D eigenvalue weighted by Crippen LogP contribution is 2.23. The third kappa shape index (κ3) is 4.05. The number of hydrogen-bond donors (Lipinski definition) is 3. The summed E-state index contributed by atoms with van der Waals surface area (Å²) in [6.07, 6.45) is 3.46. The number of aromatic nitrogens is 3. The van der Waals surface area contributed by atoms with Gasteiger partial charge in [-0.1, -0.05) is 17.7 Å². The molecule has 0 bridgehead atoms. The van der Waals surface area contributed by atoms with E-state index in [1.165, 1.54) is 5.56 Å². The Morgan fingerprint density at radius 3 is 2.46 bits per heavy atom. The number of benzene rings is 1. The van der Waals surface area contributed by atoms with Gasteiger partial charge in [0.05, 0.1) is 12.3 Å². The van der Waals surface area contributed by atoms with Gasteiger partial charge in [0.1, 0.15) is 5.82 Å². The van der Waals surface area contributed by atoms with Crippen molar-refractivity contribution >= 4 is 17.5 Å². The average molecular weight is 321 g/mol. The molecule has 0 saturated heterocycles. The minimum Gasteiger partial charge on any atom is -0.395 e. The fourth-order valence-corrected chi connectivity index (χ4v) is 2.21. The second-order valence-corrected chi connectivity index (χ2v) is 5.34. The maximum atomic E-state index is 9.00. The zero-order chi connectivity index (χ0) is 16.8. The Morgan fingerprint density at radius 1 is 1.00 bits per heavy atom. The van der Waals surface area contributed by atoms with Crippen molar-refractivity contribution in [2.45, 2.75) is 6.92 Å². The van der Waals surface area contributed by atoms with Crippen LogP contribution in [0.5, 0.6) is 0 Å². The summed E-state index contributed by atoms with van der Waals surface area (Å²) in [5, 5.41) is 15.3. The lowest BCUT2D eigenvalue weighted by Gasteiger charge is -2.11. The SMILES string of the molecule is Cc1ccc(Nc2cc(-c3ccncc3)nc(NCCO)n2)cc1. The van der Waals surface area contributed by atoms with Crippen molar-refractivity contribution in [3.05, 3.63) is 60.4 Å². The van der Waals surface area contributed by atoms with Crippen molar-refractivity contribution in [3.8, 4) is 11.3 Å². The largest absolute Gasteiger partial charge is 0.395 e. The molecule has 6 nitrogen and oxygen atoms in total. The molecule has 0 atom stereocenters. The van der Waals surface area contributed by atoms with E-state index in [0.29, 0.717) is 18.3 Å². The number of nitrogens with zero attached hydrogens (tertiary/aromatic N) is 3. The Balaban J connectivity index is 1.93. The molecule has 3 N–H and O–H groups in total. The Bertz CT molecular complexity index is 790. The Hall–Kier alpha value is -2.99. The number of rotatable bonds is 6. The molecule has 0 amide bonds. The average Bonchev–Trinajstić information content (AvgIpc) is 2.62. The van der Waals surface area contributed by atoms with E-state index >= 15 is 0 Å². The summed E-state index contributed by atoms with van der Waals surface area (Å²) in [7, 11) is 0. The van der Waals surface area contributed by atoms with Crippen LogP contribution in [-0.2, 0) is 0 Å². The maximum Gasteiger partial charge on any atom is 0.225 e. The van der Waals surface area contributed by atoms with Crippen LogP contribution in [0.4, 0.5) is 17.5 Å². The van der Waals surface area contributed by atoms with Crippen LogP contribution in [0.3, 0.4) is 0 Å². The molecular formula is C18H19N5O. The third-order valence-corrected chi connectivity index (χ3v) is 3.42. The van der Waals surface area contributed by atoms with Crippen LogP contribution in [-0.4, -0.2) is 33.2 Å². The molecule has 2 aromatic heterocycles. The first-order valence-electron chi connectivity index (χ1n) is 7.72. The fourth-order valence-electron chi connectivity index (χ4n) is 2.21. The van der Waals surface area contributed by atoms with Crippen LogP contribution in [0.15, 0.2) is 54.9 Å². The topological polar surface area (TPSA) is 83.0 Å². The Labute approximate surface area is 140 Å². The van der Waals surface area contributed by atoms with Crippen molar-refractivity contribution in [2.75, 3.05) is 23.8 Å². The molecule has 1 aromatic carbocycles. The molecule has 0 spiro atoms. The molecule has 0 radical (unpaired) electrons. The smallest absolute Gasteiger partial charge is 0.225 e. The van der Waals surface area contributed by atoms with Gasteiger partial charge in [-0.3, -0.25) is 4.98 Å². The van der Waals surface area contributed by atoms with E-state index in [2.05, 4.69) is 25.6 Å². The molecule has 0 aliphatic carbocycles. The van der Waals surface area contributed by atoms with Gasteiger partial charge in [0.25, 0.3) is 0 Å². The summed E-state index contributed by atoms with van der Waals surface area (Å²) < 4.78 is 0. The summed E-state index contributed by atoms with van der Waals surface area (Å²) in [5.41, 5.74) is 3.88. The molecule has 3 rings (SSSR count). The highest BCUT2D eigenvalue weighted by Gasteiger charge is 2.07. The van der Waals surface area contributed by atoms with E-state index in [0.717, 1.165) is 16.9 Å². The number of anilines is 3. The summed E-state index contributed by atoms with van der Waals surface area (Å²) in [6, 6.07) is 13.8. The molecule has 0 aliphatic heterocycles. The second kappa shape index (κ2) is 7.52. The molecule has 6 heteroatoms. The Kier molecular flexibility index (Phi) is 4.98. The predicted octanol–water partition coefficient (Wildman–Crippen LogP) is 2.99. The second-order valence-electron chi connectivity index (χ2n) is 5.34. The first kappa shape index (κ1) is 15.9. The zero-order valence-corrected chi connectivity index (χ0v) is 13.4. The molecule has 24 heavy (non-hydrogen) atoms. The third-order valence-electron chi connectivity index (χ3n) is 3.42. The first-order chi connectivity index (χ1) is 11.7. The summed E-state index contributed by atoms with van der Waals surface area (Å²) in [5.74, 6) is 1.15. The molecular weight excluding hydrogens is 302 g/mol. The van der Waals surface area contributed by atoms with Gasteiger partial charge in [-0.2, -0.15) is 4.98 Å². The highest BCUT2D eigenvalue weighted by molar-refractivity contribution is 5.67. The predicted molar refractivity (Wildman–Crippen MR) is 95.3 cm³/mol. The number of aliphatic hydroxyl groups is 1. The molecule has 0 aliphatic rings. The van der Waals surface area contributed by atoms with E-state index in [1.807, 2.05) is 49.4 Å². The minimum atomic E-state index is 0.0174. The normalized spacial score (nSPS) is 10.4. The lowest BCUT2D eigenvalue weighted by atomic mass is 10.2. The van der Waals surface area contributed by atoms with E-state index in [-0.39, 0.29) is 6.61 Å². The van der Waals surface area contributed by atoms with Crippen LogP contribution >= 0.6 is 0 Å². The van der Waals surface area contributed by atoms with Crippen LogP contribution in [0.25, 0.3) is 11.3 Å². The van der Waals surface area contributed by atoms with Crippen molar-refractivity contribution in [1.82, 2.24) is 15.0 Å². The van der Waals surface area contributed by atoms with Gasteiger partial charge in [-0.15, -0.1) is 0 Å². The van der Waals surface area contributed by atoms with Gasteiger partial charge in [0, 0.05) is 36.3 Å². The summed E-state index contributed by atoms with van der Waals surface area (Å²) in [6.45, 7) is 2.46. The lowest BCUT2D eigenvalue weighted by Crippen LogP contribution is -2.10. The number of aliphatic hydroxyl groups excluding tert-OH is 1. The maximum absolute atomic E-state index is 9.00. The monoisotopic (exact) mass is 321 g/mol. The summed E-state index contributed by atoms with van der Waals surface area (Å²) >= 11 is 0. The number of nitrogens with one attached hydrogen (secondary N) is 2. The van der Waals surface area contributed by atoms with Gasteiger partial charge in [0.15, 0.2) is 0 Å². The number of pyridine rings is 1. The van der Waals surface area contributed by atoms with Gasteiger partial charge in [0.2, 0.25) is 5.95 Å². The van der Waals surface area contributed by atoms with E-state index in [1.54, 1.807) is 12.4 Å². The molecule has 122 valence electrons. The number of hydrogen-bond acceptors (Lipinski definition) is 6. The molecule has 2 heterocycles. The van der Waals surface area contributed by atoms with Gasteiger partial charge < -0.3 is 15.7 Å². The standard InChI is InChI=1S/C18H19N5O/c1-13-2-4-15(5-3-13)21-17-12-16(14-6-8-19-9-7-14)22-18(23-17)20-10-11-24/h2-9,12,24H,10-11H2,1H3,(H2,20,21,22,23). The zero-order valence-electron chi connectivity index (χ0n) is 13.4. The Morgan fingerprint density at radius 2 is 1.75 bits per heavy atom. The molecule has 0 saturated carbocycles. The van der Waals surface area contributed by atoms with E-state index in [9.17, 15) is 0 Å². The molecule has 0 unspecified atom stereocenters. The highest BCUT2D eigenvalue weighted by atomic mass is 16.3.